The van der Waals surface area contributed by atoms with Crippen LogP contribution in [0.5, 0.6) is 5.75 Å². The zero-order valence-corrected chi connectivity index (χ0v) is 13.7. The number of amides is 1. The molecule has 0 aliphatic rings. The summed E-state index contributed by atoms with van der Waals surface area (Å²) in [5, 5.41) is 2.73. The third-order valence-corrected chi connectivity index (χ3v) is 3.60. The number of methoxy groups -OCH3 is 1. The number of ether oxygens (including phenoxy) is 1. The van der Waals surface area contributed by atoms with Gasteiger partial charge in [-0.05, 0) is 41.6 Å². The minimum atomic E-state index is -0.294. The van der Waals surface area contributed by atoms with Gasteiger partial charge in [0.15, 0.2) is 0 Å². The van der Waals surface area contributed by atoms with Gasteiger partial charge in [0, 0.05) is 18.0 Å². The highest BCUT2D eigenvalue weighted by Gasteiger charge is 2.10. The van der Waals surface area contributed by atoms with Crippen LogP contribution in [0.1, 0.15) is 5.82 Å². The lowest BCUT2D eigenvalue weighted by Crippen LogP contribution is -2.31. The number of halogens is 1. The summed E-state index contributed by atoms with van der Waals surface area (Å²) >= 11 is 1.90. The average molecular weight is 399 g/mol. The monoisotopic (exact) mass is 399 g/mol. The number of benzene rings is 1. The van der Waals surface area contributed by atoms with E-state index >= 15 is 0 Å². The van der Waals surface area contributed by atoms with Gasteiger partial charge in [0.25, 0.3) is 5.56 Å². The summed E-state index contributed by atoms with van der Waals surface area (Å²) in [5.41, 5.74) is 0.396. The molecule has 6 nitrogen and oxygen atoms in total. The molecule has 7 heteroatoms. The summed E-state index contributed by atoms with van der Waals surface area (Å²) in [7, 11) is 1.56. The molecule has 2 rings (SSSR count). The van der Waals surface area contributed by atoms with Crippen molar-refractivity contribution >= 4 is 34.2 Å². The number of carbonyl (C=O) groups excluding carboxylic acids is 1. The van der Waals surface area contributed by atoms with E-state index in [4.69, 9.17) is 4.74 Å². The van der Waals surface area contributed by atoms with Crippen LogP contribution in [0.15, 0.2) is 35.3 Å². The molecule has 0 fully saturated rings. The minimum absolute atomic E-state index is 0.0777. The third kappa shape index (κ3) is 3.81. The van der Waals surface area contributed by atoms with E-state index in [0.717, 1.165) is 0 Å². The maximum atomic E-state index is 12.1. The Morgan fingerprint density at radius 2 is 2.24 bits per heavy atom. The maximum Gasteiger partial charge on any atom is 0.267 e. The van der Waals surface area contributed by atoms with Gasteiger partial charge in [-0.15, -0.1) is 0 Å². The van der Waals surface area contributed by atoms with Crippen LogP contribution in [0, 0.1) is 10.5 Å². The molecule has 0 unspecified atom stereocenters. The molecule has 0 radical (unpaired) electrons. The highest BCUT2D eigenvalue weighted by atomic mass is 127. The first-order valence-electron chi connectivity index (χ1n) is 6.17. The fraction of sp³-hybridized carbons (Fsp3) is 0.214. The van der Waals surface area contributed by atoms with Gasteiger partial charge in [0.1, 0.15) is 18.1 Å². The van der Waals surface area contributed by atoms with Gasteiger partial charge in [-0.3, -0.25) is 14.2 Å². The minimum Gasteiger partial charge on any atom is -0.497 e. The number of aromatic nitrogens is 2. The molecule has 110 valence electrons. The number of nitrogens with one attached hydrogen (secondary N) is 1. The van der Waals surface area contributed by atoms with Crippen LogP contribution < -0.4 is 15.6 Å². The van der Waals surface area contributed by atoms with E-state index in [2.05, 4.69) is 10.3 Å². The molecule has 0 bridgehead atoms. The quantitative estimate of drug-likeness (QED) is 0.797. The van der Waals surface area contributed by atoms with Gasteiger partial charge < -0.3 is 10.1 Å². The molecule has 0 saturated carbocycles. The van der Waals surface area contributed by atoms with E-state index in [1.807, 2.05) is 22.6 Å². The first kappa shape index (κ1) is 15.5. The lowest BCUT2D eigenvalue weighted by molar-refractivity contribution is -0.116. The second-order valence-electron chi connectivity index (χ2n) is 4.32. The molecule has 1 heterocycles. The molecular formula is C14H14IN3O3. The van der Waals surface area contributed by atoms with Crippen molar-refractivity contribution in [1.82, 2.24) is 9.55 Å². The van der Waals surface area contributed by atoms with Crippen LogP contribution in [0.3, 0.4) is 0 Å². The lowest BCUT2D eigenvalue weighted by atomic mass is 10.3. The van der Waals surface area contributed by atoms with E-state index in [-0.39, 0.29) is 18.0 Å². The van der Waals surface area contributed by atoms with Gasteiger partial charge in [0.05, 0.1) is 10.7 Å². The summed E-state index contributed by atoms with van der Waals surface area (Å²) in [6.45, 7) is 1.61. The Bertz CT molecular complexity index is 728. The molecule has 1 N–H and O–H groups in total. The molecule has 1 aromatic heterocycles. The number of aryl methyl sites for hydroxylation is 1. The van der Waals surface area contributed by atoms with Crippen LogP contribution in [0.2, 0.25) is 0 Å². The summed E-state index contributed by atoms with van der Waals surface area (Å²) in [4.78, 5) is 28.1. The van der Waals surface area contributed by atoms with Crippen molar-refractivity contribution < 1.29 is 9.53 Å². The Morgan fingerprint density at radius 1 is 1.48 bits per heavy atom. The Balaban J connectivity index is 2.15. The van der Waals surface area contributed by atoms with Gasteiger partial charge in [-0.2, -0.15) is 0 Å². The first-order valence-corrected chi connectivity index (χ1v) is 7.25. The average Bonchev–Trinajstić information content (AvgIpc) is 2.48. The molecule has 0 atom stereocenters. The van der Waals surface area contributed by atoms with Crippen molar-refractivity contribution in [1.29, 1.82) is 0 Å². The van der Waals surface area contributed by atoms with E-state index in [1.165, 1.54) is 10.8 Å². The number of rotatable bonds is 4. The Morgan fingerprint density at radius 3 is 2.95 bits per heavy atom. The van der Waals surface area contributed by atoms with Crippen LogP contribution in [-0.4, -0.2) is 22.6 Å². The predicted molar refractivity (Wildman–Crippen MR) is 87.6 cm³/mol. The topological polar surface area (TPSA) is 73.2 Å². The molecule has 0 aliphatic heterocycles. The summed E-state index contributed by atoms with van der Waals surface area (Å²) in [5.74, 6) is 0.857. The fourth-order valence-electron chi connectivity index (χ4n) is 1.78. The van der Waals surface area contributed by atoms with Crippen molar-refractivity contribution in [2.24, 2.45) is 0 Å². The van der Waals surface area contributed by atoms with Crippen LogP contribution in [-0.2, 0) is 11.3 Å². The van der Waals surface area contributed by atoms with Crippen molar-refractivity contribution in [3.05, 3.63) is 50.2 Å². The van der Waals surface area contributed by atoms with E-state index in [1.54, 1.807) is 38.3 Å². The fourth-order valence-corrected chi connectivity index (χ4v) is 2.21. The summed E-state index contributed by atoms with van der Waals surface area (Å²) in [6, 6.07) is 7.02. The SMILES string of the molecule is COc1cccc(NC(=O)Cn2c(C)ncc(I)c2=O)c1. The van der Waals surface area contributed by atoms with Crippen molar-refractivity contribution in [2.45, 2.75) is 13.5 Å². The predicted octanol–water partition coefficient (Wildman–Crippen LogP) is 1.80. The highest BCUT2D eigenvalue weighted by Crippen LogP contribution is 2.16. The van der Waals surface area contributed by atoms with Gasteiger partial charge in [-0.25, -0.2) is 4.98 Å². The third-order valence-electron chi connectivity index (χ3n) is 2.86. The van der Waals surface area contributed by atoms with Crippen molar-refractivity contribution in [3.8, 4) is 5.75 Å². The van der Waals surface area contributed by atoms with Gasteiger partial charge >= 0.3 is 0 Å². The van der Waals surface area contributed by atoms with E-state index < -0.39 is 0 Å². The Kier molecular flexibility index (Phi) is 4.94. The molecular weight excluding hydrogens is 385 g/mol. The molecule has 1 amide bonds. The second kappa shape index (κ2) is 6.70. The van der Waals surface area contributed by atoms with E-state index in [0.29, 0.717) is 20.8 Å². The standard InChI is InChI=1S/C14H14IN3O3/c1-9-16-7-12(15)14(20)18(9)8-13(19)17-10-4-3-5-11(6-10)21-2/h3-7H,8H2,1-2H3,(H,17,19). The zero-order chi connectivity index (χ0) is 15.4. The van der Waals surface area contributed by atoms with Crippen molar-refractivity contribution in [3.63, 3.8) is 0 Å². The lowest BCUT2D eigenvalue weighted by Gasteiger charge is -2.10. The smallest absolute Gasteiger partial charge is 0.267 e. The molecule has 0 aliphatic carbocycles. The molecule has 1 aromatic carbocycles. The number of anilines is 1. The summed E-state index contributed by atoms with van der Waals surface area (Å²) < 4.78 is 6.91. The van der Waals surface area contributed by atoms with Gasteiger partial charge in [-0.1, -0.05) is 6.07 Å². The molecule has 0 spiro atoms. The maximum absolute atomic E-state index is 12.1. The van der Waals surface area contributed by atoms with Gasteiger partial charge in [0.2, 0.25) is 5.91 Å². The van der Waals surface area contributed by atoms with Crippen LogP contribution >= 0.6 is 22.6 Å². The zero-order valence-electron chi connectivity index (χ0n) is 11.6. The summed E-state index contributed by atoms with van der Waals surface area (Å²) in [6.07, 6.45) is 1.49. The van der Waals surface area contributed by atoms with E-state index in [9.17, 15) is 9.59 Å². The Hall–Kier alpha value is -1.90. The van der Waals surface area contributed by atoms with Crippen molar-refractivity contribution in [2.75, 3.05) is 12.4 Å². The number of carbonyl (C=O) groups is 1. The highest BCUT2D eigenvalue weighted by molar-refractivity contribution is 14.1. The normalized spacial score (nSPS) is 10.2. The Labute approximate surface area is 135 Å². The molecule has 21 heavy (non-hydrogen) atoms. The second-order valence-corrected chi connectivity index (χ2v) is 5.49. The number of hydrogen-bond acceptors (Lipinski definition) is 4. The number of hydrogen-bond donors (Lipinski definition) is 1. The van der Waals surface area contributed by atoms with Crippen LogP contribution in [0.4, 0.5) is 5.69 Å². The first-order chi connectivity index (χ1) is 10.0. The molecule has 2 aromatic rings. The number of nitrogens with zero attached hydrogens (tertiary/aromatic N) is 2. The largest absolute Gasteiger partial charge is 0.497 e. The molecule has 0 saturated heterocycles. The van der Waals surface area contributed by atoms with Crippen LogP contribution in [0.25, 0.3) is 0 Å².